The van der Waals surface area contributed by atoms with Crippen molar-refractivity contribution in [2.24, 2.45) is 0 Å². The number of imidazole rings is 2. The fourth-order valence-electron chi connectivity index (χ4n) is 5.50. The van der Waals surface area contributed by atoms with E-state index in [2.05, 4.69) is 54.6 Å². The molecule has 0 aliphatic carbocycles. The minimum atomic E-state index is -4.38. The maximum atomic E-state index is 13.6. The zero-order chi connectivity index (χ0) is 31.9. The molecule has 0 radical (unpaired) electrons. The van der Waals surface area contributed by atoms with E-state index >= 15 is 0 Å². The first-order valence-corrected chi connectivity index (χ1v) is 18.5. The van der Waals surface area contributed by atoms with Gasteiger partial charge in [-0.3, -0.25) is 32.0 Å². The molecule has 3 aliphatic rings. The maximum absolute atomic E-state index is 13.6. The molecule has 4 aromatic heterocycles. The molecule has 24 heteroatoms. The number of hydrogen-bond acceptors (Lipinski definition) is 17. The molecule has 45 heavy (non-hydrogen) atoms. The molecule has 0 spiro atoms. The Labute approximate surface area is 261 Å². The largest absolute Gasteiger partial charge is 0.387 e. The maximum Gasteiger partial charge on any atom is 0.386 e. The van der Waals surface area contributed by atoms with E-state index in [0.29, 0.717) is 0 Å². The predicted octanol–water partition coefficient (Wildman–Crippen LogP) is 0.341. The molecule has 0 amide bonds. The second-order valence-electron chi connectivity index (χ2n) is 10.6. The van der Waals surface area contributed by atoms with Crippen LogP contribution in [0.2, 0.25) is 0 Å². The van der Waals surface area contributed by atoms with Crippen molar-refractivity contribution < 1.29 is 46.9 Å². The number of aliphatic hydroxyl groups is 2. The molecule has 3 aliphatic heterocycles. The summed E-state index contributed by atoms with van der Waals surface area (Å²) in [4.78, 5) is 28.5. The molecule has 2 bridgehead atoms. The van der Waals surface area contributed by atoms with Crippen LogP contribution in [-0.2, 0) is 36.7 Å². The monoisotopic (exact) mass is 705 g/mol. The van der Waals surface area contributed by atoms with Crippen LogP contribution in [0.1, 0.15) is 19.4 Å². The lowest BCUT2D eigenvalue weighted by atomic mass is 9.99. The molecule has 3 fully saturated rings. The van der Waals surface area contributed by atoms with Crippen molar-refractivity contribution in [2.75, 3.05) is 18.9 Å². The van der Waals surface area contributed by atoms with Crippen molar-refractivity contribution in [1.82, 2.24) is 39.3 Å². The zero-order valence-electron chi connectivity index (χ0n) is 22.8. The van der Waals surface area contributed by atoms with Gasteiger partial charge in [0.05, 0.1) is 37.6 Å². The van der Waals surface area contributed by atoms with Crippen LogP contribution < -0.4 is 11.3 Å². The van der Waals surface area contributed by atoms with Crippen LogP contribution in [0.4, 0.5) is 5.82 Å². The van der Waals surface area contributed by atoms with Crippen LogP contribution >= 0.6 is 38.1 Å². The first-order chi connectivity index (χ1) is 21.3. The summed E-state index contributed by atoms with van der Waals surface area (Å²) >= 11 is 8.21. The Balaban J connectivity index is 1.23. The van der Waals surface area contributed by atoms with Crippen molar-refractivity contribution in [3.63, 3.8) is 0 Å². The highest BCUT2D eigenvalue weighted by Crippen LogP contribution is 2.61. The normalized spacial score (nSPS) is 39.4. The lowest BCUT2D eigenvalue weighted by Crippen LogP contribution is -2.45. The van der Waals surface area contributed by atoms with Gasteiger partial charge < -0.3 is 25.4 Å². The Morgan fingerprint density at radius 2 is 1.76 bits per heavy atom. The molecular formula is C21H25N9O11P2S2. The number of thiol groups is 2. The Morgan fingerprint density at radius 3 is 2.56 bits per heavy atom. The van der Waals surface area contributed by atoms with Gasteiger partial charge in [-0.25, -0.2) is 34.2 Å². The Hall–Kier alpha value is -2.46. The highest BCUT2D eigenvalue weighted by Gasteiger charge is 2.58. The molecule has 2 unspecified atom stereocenters. The van der Waals surface area contributed by atoms with Crippen molar-refractivity contribution in [3.05, 3.63) is 35.5 Å². The summed E-state index contributed by atoms with van der Waals surface area (Å²) in [7, 11) is 0. The number of rotatable bonds is 2. The number of anilines is 1. The quantitative estimate of drug-likeness (QED) is 0.121. The minimum Gasteiger partial charge on any atom is -0.387 e. The number of nitrogens with two attached hydrogens (primary N) is 1. The standard InChI is InChI=1S/C21H25N9O11P2S2/c1-21-4-37-43(35,45)40-14-12(31)9(38-20(14)29-6-25-10-8(29)2-27-28-18(10)33)3-36-42(34,44)41-15(21)13(32)19(39-21)30-7-26-11-16(22)23-5-24-17(11)30/h2,5-7,9,12-15,19-20,31-32H,3-4H2,1H3,(H,28,33)(H,34,44)(H,35,45)(H2,22,23,24)/t9-,12-,13-,14-,15+,19-,20-,21-,42?,43?/m1/s1. The highest BCUT2D eigenvalue weighted by molar-refractivity contribution is 8.44. The Bertz CT molecular complexity index is 1940. The fraction of sp³-hybridized carbons (Fsp3) is 0.524. The molecule has 0 saturated carbocycles. The van der Waals surface area contributed by atoms with Gasteiger partial charge in [-0.05, 0) is 6.92 Å². The predicted molar refractivity (Wildman–Crippen MR) is 157 cm³/mol. The van der Waals surface area contributed by atoms with E-state index in [0.717, 1.165) is 0 Å². The molecule has 20 nitrogen and oxygen atoms in total. The van der Waals surface area contributed by atoms with Gasteiger partial charge in [0, 0.05) is 0 Å². The van der Waals surface area contributed by atoms with Crippen LogP contribution in [0.25, 0.3) is 22.2 Å². The molecule has 0 aromatic carbocycles. The van der Waals surface area contributed by atoms with Gasteiger partial charge in [0.25, 0.3) is 5.56 Å². The first kappa shape index (κ1) is 31.2. The molecule has 5 N–H and O–H groups in total. The van der Waals surface area contributed by atoms with Crippen molar-refractivity contribution in [3.8, 4) is 0 Å². The van der Waals surface area contributed by atoms with Crippen LogP contribution in [0.3, 0.4) is 0 Å². The van der Waals surface area contributed by atoms with Crippen molar-refractivity contribution >= 4 is 66.1 Å². The van der Waals surface area contributed by atoms with Gasteiger partial charge in [0.1, 0.15) is 48.0 Å². The van der Waals surface area contributed by atoms with Crippen LogP contribution in [0.15, 0.2) is 30.0 Å². The third-order valence-corrected chi connectivity index (χ3v) is 10.9. The molecular weight excluding hydrogens is 680 g/mol. The van der Waals surface area contributed by atoms with Gasteiger partial charge in [-0.15, -0.1) is 0 Å². The van der Waals surface area contributed by atoms with Gasteiger partial charge in [-0.1, -0.05) is 24.5 Å². The number of H-pyrrole nitrogens is 1. The van der Waals surface area contributed by atoms with Gasteiger partial charge in [0.2, 0.25) is 0 Å². The van der Waals surface area contributed by atoms with Crippen molar-refractivity contribution in [1.29, 1.82) is 0 Å². The van der Waals surface area contributed by atoms with Gasteiger partial charge >= 0.3 is 13.6 Å². The van der Waals surface area contributed by atoms with E-state index in [1.54, 1.807) is 0 Å². The smallest absolute Gasteiger partial charge is 0.386 e. The van der Waals surface area contributed by atoms with Crippen LogP contribution in [0, 0.1) is 0 Å². The first-order valence-electron chi connectivity index (χ1n) is 13.1. The number of nitrogens with one attached hydrogen (secondary N) is 1. The molecule has 7 rings (SSSR count). The van der Waals surface area contributed by atoms with Gasteiger partial charge in [0.15, 0.2) is 29.4 Å². The van der Waals surface area contributed by atoms with Crippen LogP contribution in [-0.4, -0.2) is 98.8 Å². The molecule has 7 heterocycles. The molecule has 3 saturated heterocycles. The second kappa shape index (κ2) is 11.1. The number of fused-ring (bicyclic) bond motifs is 5. The average molecular weight is 706 g/mol. The van der Waals surface area contributed by atoms with E-state index in [9.17, 15) is 24.1 Å². The van der Waals surface area contributed by atoms with E-state index in [4.69, 9.17) is 33.3 Å². The third-order valence-electron chi connectivity index (χ3n) is 7.66. The summed E-state index contributed by atoms with van der Waals surface area (Å²) < 4.78 is 64.6. The summed E-state index contributed by atoms with van der Waals surface area (Å²) in [5.41, 5.74) is 4.31. The molecule has 4 aromatic rings. The zero-order valence-corrected chi connectivity index (χ0v) is 26.4. The lowest BCUT2D eigenvalue weighted by Gasteiger charge is -2.32. The summed E-state index contributed by atoms with van der Waals surface area (Å²) in [6.07, 6.45) is -4.70. The number of ether oxygens (including phenoxy) is 2. The van der Waals surface area contributed by atoms with E-state index in [1.807, 2.05) is 0 Å². The number of nitrogen functional groups attached to an aromatic ring is 1. The van der Waals surface area contributed by atoms with E-state index in [1.165, 1.54) is 41.2 Å². The Morgan fingerprint density at radius 1 is 1.02 bits per heavy atom. The van der Waals surface area contributed by atoms with Crippen LogP contribution in [0.5, 0.6) is 0 Å². The highest BCUT2D eigenvalue weighted by atomic mass is 32.7. The summed E-state index contributed by atoms with van der Waals surface area (Å²) in [6.45, 7) is -8.44. The SMILES string of the molecule is C[C@@]12COP(=O)(S)O[C@@H]3[C@H](O)[C@@H](COP(=O)(S)O[C@H]1[C@@H](O)[C@H](n1cnc4c(N)ncnc41)O2)O[C@H]3n1cnc2c(=O)[nH]ncc21. The minimum absolute atomic E-state index is 0.0137. The summed E-state index contributed by atoms with van der Waals surface area (Å²) in [5.74, 6) is 0.0881. The van der Waals surface area contributed by atoms with Crippen molar-refractivity contribution in [2.45, 2.75) is 55.5 Å². The lowest BCUT2D eigenvalue weighted by molar-refractivity contribution is -0.111. The summed E-state index contributed by atoms with van der Waals surface area (Å²) in [6, 6.07) is 0. The van der Waals surface area contributed by atoms with E-state index in [-0.39, 0.29) is 28.0 Å². The number of aromatic nitrogens is 8. The number of aromatic amines is 1. The topological polar surface area (TPSA) is 263 Å². The van der Waals surface area contributed by atoms with Gasteiger partial charge in [-0.2, -0.15) is 5.10 Å². The summed E-state index contributed by atoms with van der Waals surface area (Å²) in [5, 5.41) is 28.6. The Kier molecular flexibility index (Phi) is 7.66. The molecule has 10 atom stereocenters. The molecule has 242 valence electrons. The number of nitrogens with zero attached hydrogens (tertiary/aromatic N) is 7. The third kappa shape index (κ3) is 5.41. The second-order valence-corrected chi connectivity index (χ2v) is 16.4. The number of aliphatic hydroxyl groups excluding tert-OH is 2. The fourth-order valence-corrected chi connectivity index (χ4v) is 8.55. The number of hydrogen-bond donors (Lipinski definition) is 6. The average Bonchev–Trinajstić information content (AvgIpc) is 3.73. The van der Waals surface area contributed by atoms with E-state index < -0.39 is 80.9 Å².